The topological polar surface area (TPSA) is 89.8 Å². The molecule has 1 N–H and O–H groups in total. The molecule has 0 saturated carbocycles. The van der Waals surface area contributed by atoms with Crippen LogP contribution in [0.2, 0.25) is 0 Å². The molecule has 0 bridgehead atoms. The van der Waals surface area contributed by atoms with E-state index in [1.165, 1.54) is 24.7 Å². The van der Waals surface area contributed by atoms with E-state index in [-0.39, 0.29) is 11.2 Å². The van der Waals surface area contributed by atoms with E-state index in [1.54, 1.807) is 4.68 Å². The second-order valence-corrected chi connectivity index (χ2v) is 8.30. The van der Waals surface area contributed by atoms with E-state index in [4.69, 9.17) is 0 Å². The predicted molar refractivity (Wildman–Crippen MR) is 101 cm³/mol. The second kappa shape index (κ2) is 6.71. The molecule has 0 aliphatic carbocycles. The molecule has 0 amide bonds. The van der Waals surface area contributed by atoms with Crippen molar-refractivity contribution in [1.82, 2.24) is 19.1 Å². The standard InChI is InChI=1S/C17H14FN5O2S2/c1-11(12-5-3-2-4-6-12)23-15-8-14(18)16(7-13(15)9-20-23)27(24,25)22-17-19-10-21-26-17/h2-11H,1H3,(H,19,21,22)/t11-/m1/s1. The molecular formula is C17H14FN5O2S2. The summed E-state index contributed by atoms with van der Waals surface area (Å²) in [5, 5.41) is 4.92. The van der Waals surface area contributed by atoms with Crippen LogP contribution in [0.15, 0.2) is 59.9 Å². The highest BCUT2D eigenvalue weighted by Gasteiger charge is 2.23. The first-order valence-corrected chi connectivity index (χ1v) is 10.2. The molecular weight excluding hydrogens is 389 g/mol. The summed E-state index contributed by atoms with van der Waals surface area (Å²) in [6, 6.07) is 12.0. The average molecular weight is 403 g/mol. The fourth-order valence-electron chi connectivity index (χ4n) is 2.82. The molecule has 0 unspecified atom stereocenters. The molecule has 0 spiro atoms. The molecule has 0 saturated heterocycles. The van der Waals surface area contributed by atoms with Gasteiger partial charge in [0.2, 0.25) is 5.13 Å². The van der Waals surface area contributed by atoms with Crippen molar-refractivity contribution in [3.05, 3.63) is 66.4 Å². The van der Waals surface area contributed by atoms with Crippen molar-refractivity contribution in [2.24, 2.45) is 0 Å². The maximum absolute atomic E-state index is 14.7. The van der Waals surface area contributed by atoms with Gasteiger partial charge in [0.05, 0.1) is 17.8 Å². The lowest BCUT2D eigenvalue weighted by molar-refractivity contribution is 0.565. The molecule has 2 aromatic carbocycles. The zero-order valence-electron chi connectivity index (χ0n) is 14.1. The Morgan fingerprint density at radius 2 is 2.00 bits per heavy atom. The van der Waals surface area contributed by atoms with Crippen molar-refractivity contribution >= 4 is 37.6 Å². The fraction of sp³-hybridized carbons (Fsp3) is 0.118. The number of benzene rings is 2. The first-order valence-electron chi connectivity index (χ1n) is 7.97. The van der Waals surface area contributed by atoms with Crippen LogP contribution < -0.4 is 4.72 Å². The van der Waals surface area contributed by atoms with E-state index in [2.05, 4.69) is 19.2 Å². The Morgan fingerprint density at radius 3 is 2.70 bits per heavy atom. The number of rotatable bonds is 5. The van der Waals surface area contributed by atoms with Crippen molar-refractivity contribution in [3.63, 3.8) is 0 Å². The first kappa shape index (κ1) is 17.6. The minimum atomic E-state index is -4.12. The Labute approximate surface area is 158 Å². The van der Waals surface area contributed by atoms with Gasteiger partial charge >= 0.3 is 0 Å². The van der Waals surface area contributed by atoms with Crippen LogP contribution in [0.1, 0.15) is 18.5 Å². The molecule has 0 fully saturated rings. The quantitative estimate of drug-likeness (QED) is 0.551. The largest absolute Gasteiger partial charge is 0.266 e. The van der Waals surface area contributed by atoms with Crippen molar-refractivity contribution in [1.29, 1.82) is 0 Å². The third-order valence-corrected chi connectivity index (χ3v) is 6.23. The van der Waals surface area contributed by atoms with Gasteiger partial charge in [-0.15, -0.1) is 0 Å². The molecule has 7 nitrogen and oxygen atoms in total. The van der Waals surface area contributed by atoms with E-state index in [1.807, 2.05) is 37.3 Å². The maximum Gasteiger partial charge on any atom is 0.266 e. The van der Waals surface area contributed by atoms with Gasteiger partial charge in [-0.25, -0.2) is 17.8 Å². The van der Waals surface area contributed by atoms with Gasteiger partial charge in [0.25, 0.3) is 10.0 Å². The number of hydrogen-bond donors (Lipinski definition) is 1. The highest BCUT2D eigenvalue weighted by molar-refractivity contribution is 7.93. The molecule has 2 aromatic heterocycles. The molecule has 10 heteroatoms. The van der Waals surface area contributed by atoms with Gasteiger partial charge in [0, 0.05) is 23.0 Å². The molecule has 0 aliphatic heterocycles. The van der Waals surface area contributed by atoms with Crippen LogP contribution in [0.25, 0.3) is 10.9 Å². The van der Waals surface area contributed by atoms with Crippen LogP contribution in [0.3, 0.4) is 0 Å². The lowest BCUT2D eigenvalue weighted by atomic mass is 10.1. The average Bonchev–Trinajstić information content (AvgIpc) is 3.30. The Bertz CT molecular complexity index is 1190. The van der Waals surface area contributed by atoms with E-state index in [0.717, 1.165) is 17.1 Å². The second-order valence-electron chi connectivity index (χ2n) is 5.87. The number of hydrogen-bond acceptors (Lipinski definition) is 6. The molecule has 0 aliphatic rings. The summed E-state index contributed by atoms with van der Waals surface area (Å²) >= 11 is 0.869. The zero-order chi connectivity index (χ0) is 19.0. The monoisotopic (exact) mass is 403 g/mol. The van der Waals surface area contributed by atoms with Gasteiger partial charge in [-0.3, -0.25) is 9.40 Å². The van der Waals surface area contributed by atoms with Crippen molar-refractivity contribution in [2.75, 3.05) is 4.72 Å². The SMILES string of the molecule is C[C@H](c1ccccc1)n1ncc2cc(S(=O)(=O)Nc3ncns3)c(F)cc21. The molecule has 138 valence electrons. The number of sulfonamides is 1. The van der Waals surface area contributed by atoms with E-state index in [9.17, 15) is 12.8 Å². The molecule has 1 atom stereocenters. The van der Waals surface area contributed by atoms with Gasteiger partial charge in [-0.2, -0.15) is 9.47 Å². The Kier molecular flexibility index (Phi) is 4.36. The third kappa shape index (κ3) is 3.28. The van der Waals surface area contributed by atoms with Crippen LogP contribution in [0.4, 0.5) is 9.52 Å². The summed E-state index contributed by atoms with van der Waals surface area (Å²) in [5.74, 6) is -0.860. The normalized spacial score (nSPS) is 13.0. The lowest BCUT2D eigenvalue weighted by Crippen LogP contribution is -2.14. The smallest absolute Gasteiger partial charge is 0.258 e. The van der Waals surface area contributed by atoms with E-state index >= 15 is 0 Å². The van der Waals surface area contributed by atoms with Crippen LogP contribution in [-0.2, 0) is 10.0 Å². The summed E-state index contributed by atoms with van der Waals surface area (Å²) in [5.41, 5.74) is 1.52. The van der Waals surface area contributed by atoms with Crippen LogP contribution in [0, 0.1) is 5.82 Å². The first-order chi connectivity index (χ1) is 13.0. The molecule has 27 heavy (non-hydrogen) atoms. The summed E-state index contributed by atoms with van der Waals surface area (Å²) in [7, 11) is -4.12. The number of nitrogens with zero attached hydrogens (tertiary/aromatic N) is 4. The molecule has 4 aromatic rings. The Balaban J connectivity index is 1.76. The minimum Gasteiger partial charge on any atom is -0.258 e. The van der Waals surface area contributed by atoms with E-state index < -0.39 is 20.7 Å². The van der Waals surface area contributed by atoms with Crippen LogP contribution in [0.5, 0.6) is 0 Å². The molecule has 2 heterocycles. The maximum atomic E-state index is 14.7. The lowest BCUT2D eigenvalue weighted by Gasteiger charge is -2.14. The molecule has 0 radical (unpaired) electrons. The fourth-order valence-corrected chi connectivity index (χ4v) is 4.58. The summed E-state index contributed by atoms with van der Waals surface area (Å²) in [4.78, 5) is 3.30. The summed E-state index contributed by atoms with van der Waals surface area (Å²) in [6.07, 6.45) is 2.75. The number of aromatic nitrogens is 4. The van der Waals surface area contributed by atoms with Crippen LogP contribution in [-0.4, -0.2) is 27.6 Å². The highest BCUT2D eigenvalue weighted by Crippen LogP contribution is 2.28. The summed E-state index contributed by atoms with van der Waals surface area (Å²) in [6.45, 7) is 1.95. The van der Waals surface area contributed by atoms with Crippen molar-refractivity contribution in [2.45, 2.75) is 17.9 Å². The number of anilines is 1. The van der Waals surface area contributed by atoms with E-state index in [0.29, 0.717) is 10.9 Å². The number of halogens is 1. The Morgan fingerprint density at radius 1 is 1.22 bits per heavy atom. The molecule has 4 rings (SSSR count). The van der Waals surface area contributed by atoms with Gasteiger partial charge in [-0.1, -0.05) is 30.3 Å². The minimum absolute atomic E-state index is 0.0721. The summed E-state index contributed by atoms with van der Waals surface area (Å²) < 4.78 is 47.3. The van der Waals surface area contributed by atoms with Crippen molar-refractivity contribution < 1.29 is 12.8 Å². The highest BCUT2D eigenvalue weighted by atomic mass is 32.2. The van der Waals surface area contributed by atoms with Crippen LogP contribution >= 0.6 is 11.5 Å². The number of nitrogens with one attached hydrogen (secondary N) is 1. The third-order valence-electron chi connectivity index (χ3n) is 4.17. The van der Waals surface area contributed by atoms with Gasteiger partial charge in [-0.05, 0) is 18.6 Å². The zero-order valence-corrected chi connectivity index (χ0v) is 15.7. The van der Waals surface area contributed by atoms with Gasteiger partial charge in [0.15, 0.2) is 0 Å². The van der Waals surface area contributed by atoms with Gasteiger partial charge in [0.1, 0.15) is 17.0 Å². The number of fused-ring (bicyclic) bond motifs is 1. The van der Waals surface area contributed by atoms with Crippen molar-refractivity contribution in [3.8, 4) is 0 Å². The predicted octanol–water partition coefficient (Wildman–Crippen LogP) is 3.44. The Hall–Kier alpha value is -2.85. The van der Waals surface area contributed by atoms with Gasteiger partial charge < -0.3 is 0 Å².